The van der Waals surface area contributed by atoms with Crippen molar-refractivity contribution in [2.75, 3.05) is 23.7 Å². The van der Waals surface area contributed by atoms with Crippen LogP contribution in [0.2, 0.25) is 5.02 Å². The number of benzene rings is 1. The van der Waals surface area contributed by atoms with Gasteiger partial charge in [-0.05, 0) is 43.4 Å². The molecule has 1 aliphatic rings. The lowest BCUT2D eigenvalue weighted by atomic mass is 9.89. The minimum absolute atomic E-state index is 0.0684. The highest BCUT2D eigenvalue weighted by Crippen LogP contribution is 2.25. The van der Waals surface area contributed by atoms with Gasteiger partial charge in [-0.3, -0.25) is 9.10 Å². The smallest absolute Gasteiger partial charge is 0.232 e. The zero-order valence-electron chi connectivity index (χ0n) is 15.0. The van der Waals surface area contributed by atoms with E-state index in [1.54, 1.807) is 0 Å². The lowest BCUT2D eigenvalue weighted by molar-refractivity contribution is -0.121. The Morgan fingerprint density at radius 2 is 2.00 bits per heavy atom. The highest BCUT2D eigenvalue weighted by molar-refractivity contribution is 7.92. The Bertz CT molecular complexity index is 721. The number of halogens is 2. The van der Waals surface area contributed by atoms with Crippen LogP contribution in [0.25, 0.3) is 0 Å². The molecule has 1 aromatic carbocycles. The quantitative estimate of drug-likeness (QED) is 0.718. The van der Waals surface area contributed by atoms with Crippen molar-refractivity contribution in [1.82, 2.24) is 5.32 Å². The lowest BCUT2D eigenvalue weighted by Gasteiger charge is -2.23. The summed E-state index contributed by atoms with van der Waals surface area (Å²) in [5.41, 5.74) is 0.293. The molecule has 8 heteroatoms. The van der Waals surface area contributed by atoms with Crippen molar-refractivity contribution in [2.24, 2.45) is 5.92 Å². The first-order valence-corrected chi connectivity index (χ1v) is 11.2. The average Bonchev–Trinajstić information content (AvgIpc) is 2.59. The molecule has 0 heterocycles. The van der Waals surface area contributed by atoms with Crippen LogP contribution in [0.3, 0.4) is 0 Å². The fourth-order valence-corrected chi connectivity index (χ4v) is 4.38. The molecule has 1 aliphatic carbocycles. The van der Waals surface area contributed by atoms with Gasteiger partial charge in [0.15, 0.2) is 0 Å². The first kappa shape index (κ1) is 21.0. The number of anilines is 1. The number of amides is 1. The van der Waals surface area contributed by atoms with Gasteiger partial charge in [0.2, 0.25) is 15.9 Å². The van der Waals surface area contributed by atoms with Gasteiger partial charge < -0.3 is 5.32 Å². The van der Waals surface area contributed by atoms with E-state index < -0.39 is 15.8 Å². The third-order valence-electron chi connectivity index (χ3n) is 4.67. The number of sulfonamides is 1. The normalized spacial score (nSPS) is 15.7. The van der Waals surface area contributed by atoms with Gasteiger partial charge >= 0.3 is 0 Å². The molecule has 0 atom stereocenters. The molecule has 0 spiro atoms. The van der Waals surface area contributed by atoms with Gasteiger partial charge in [0.25, 0.3) is 0 Å². The Morgan fingerprint density at radius 1 is 1.31 bits per heavy atom. The van der Waals surface area contributed by atoms with E-state index in [4.69, 9.17) is 11.6 Å². The van der Waals surface area contributed by atoms with Crippen LogP contribution in [-0.2, 0) is 14.8 Å². The number of carbonyl (C=O) groups is 1. The van der Waals surface area contributed by atoms with Gasteiger partial charge in [-0.25, -0.2) is 12.8 Å². The molecular formula is C18H26ClFN2O3S. The zero-order chi connectivity index (χ0) is 19.2. The molecule has 0 radical (unpaired) electrons. The van der Waals surface area contributed by atoms with Crippen molar-refractivity contribution in [3.05, 3.63) is 29.0 Å². The molecule has 0 aliphatic heterocycles. The van der Waals surface area contributed by atoms with E-state index in [1.807, 2.05) is 0 Å². The van der Waals surface area contributed by atoms with E-state index in [2.05, 4.69) is 5.32 Å². The van der Waals surface area contributed by atoms with Gasteiger partial charge in [-0.15, -0.1) is 0 Å². The Labute approximate surface area is 160 Å². The maximum absolute atomic E-state index is 13.3. The summed E-state index contributed by atoms with van der Waals surface area (Å²) < 4.78 is 38.5. The second-order valence-electron chi connectivity index (χ2n) is 6.85. The highest BCUT2D eigenvalue weighted by atomic mass is 35.5. The molecule has 0 aromatic heterocycles. The summed E-state index contributed by atoms with van der Waals surface area (Å²) in [6.07, 6.45) is 7.74. The fourth-order valence-electron chi connectivity index (χ4n) is 3.25. The van der Waals surface area contributed by atoms with Crippen molar-refractivity contribution >= 4 is 33.2 Å². The summed E-state index contributed by atoms with van der Waals surface area (Å²) in [6, 6.07) is 3.78. The maximum Gasteiger partial charge on any atom is 0.232 e. The number of hydrogen-bond donors (Lipinski definition) is 1. The van der Waals surface area contributed by atoms with Crippen LogP contribution >= 0.6 is 11.6 Å². The fraction of sp³-hybridized carbons (Fsp3) is 0.611. The van der Waals surface area contributed by atoms with E-state index in [0.717, 1.165) is 29.5 Å². The van der Waals surface area contributed by atoms with E-state index in [1.165, 1.54) is 31.4 Å². The Balaban J connectivity index is 1.85. The minimum Gasteiger partial charge on any atom is -0.356 e. The van der Waals surface area contributed by atoms with Gasteiger partial charge in [0.1, 0.15) is 5.82 Å². The van der Waals surface area contributed by atoms with Gasteiger partial charge in [-0.2, -0.15) is 0 Å². The molecule has 1 amide bonds. The third-order valence-corrected chi connectivity index (χ3v) is 6.15. The monoisotopic (exact) mass is 404 g/mol. The standard InChI is InChI=1S/C18H26ClFN2O3S/c1-26(24,25)22(15-9-10-17(20)16(19)12-15)11-5-8-18(23)21-13-14-6-3-2-4-7-14/h9-10,12,14H,2-8,11,13H2,1H3,(H,21,23). The summed E-state index contributed by atoms with van der Waals surface area (Å²) in [4.78, 5) is 12.0. The molecule has 2 rings (SSSR count). The molecule has 0 bridgehead atoms. The van der Waals surface area contributed by atoms with Gasteiger partial charge in [0.05, 0.1) is 17.0 Å². The summed E-state index contributed by atoms with van der Waals surface area (Å²) in [7, 11) is -3.55. The topological polar surface area (TPSA) is 66.5 Å². The van der Waals surface area contributed by atoms with Crippen molar-refractivity contribution in [1.29, 1.82) is 0 Å². The highest BCUT2D eigenvalue weighted by Gasteiger charge is 2.19. The number of hydrogen-bond acceptors (Lipinski definition) is 3. The first-order valence-electron chi connectivity index (χ1n) is 8.97. The number of rotatable bonds is 8. The number of nitrogens with zero attached hydrogens (tertiary/aromatic N) is 1. The van der Waals surface area contributed by atoms with E-state index in [9.17, 15) is 17.6 Å². The predicted molar refractivity (Wildman–Crippen MR) is 102 cm³/mol. The van der Waals surface area contributed by atoms with E-state index >= 15 is 0 Å². The molecule has 0 saturated heterocycles. The summed E-state index contributed by atoms with van der Waals surface area (Å²) >= 11 is 5.75. The maximum atomic E-state index is 13.3. The van der Waals surface area contributed by atoms with Crippen LogP contribution in [0, 0.1) is 11.7 Å². The molecule has 1 aromatic rings. The molecule has 1 N–H and O–H groups in total. The number of nitrogens with one attached hydrogen (secondary N) is 1. The summed E-state index contributed by atoms with van der Waals surface area (Å²) in [5, 5.41) is 2.81. The van der Waals surface area contributed by atoms with Crippen molar-refractivity contribution in [3.8, 4) is 0 Å². The van der Waals surface area contributed by atoms with Crippen LogP contribution < -0.4 is 9.62 Å². The lowest BCUT2D eigenvalue weighted by Crippen LogP contribution is -2.33. The average molecular weight is 405 g/mol. The SMILES string of the molecule is CS(=O)(=O)N(CCCC(=O)NCC1CCCCC1)c1ccc(F)c(Cl)c1. The predicted octanol–water partition coefficient (Wildman–Crippen LogP) is 3.72. The van der Waals surface area contributed by atoms with E-state index in [-0.39, 0.29) is 23.9 Å². The largest absolute Gasteiger partial charge is 0.356 e. The number of carbonyl (C=O) groups excluding carboxylic acids is 1. The molecule has 0 unspecified atom stereocenters. The van der Waals surface area contributed by atoms with Gasteiger partial charge in [0, 0.05) is 19.5 Å². The van der Waals surface area contributed by atoms with Crippen LogP contribution in [-0.4, -0.2) is 33.7 Å². The van der Waals surface area contributed by atoms with Crippen molar-refractivity contribution in [2.45, 2.75) is 44.9 Å². The zero-order valence-corrected chi connectivity index (χ0v) is 16.6. The summed E-state index contributed by atoms with van der Waals surface area (Å²) in [5.74, 6) is -0.117. The van der Waals surface area contributed by atoms with E-state index in [0.29, 0.717) is 24.6 Å². The second kappa shape index (κ2) is 9.55. The molecule has 1 saturated carbocycles. The van der Waals surface area contributed by atoms with Gasteiger partial charge in [-0.1, -0.05) is 30.9 Å². The Morgan fingerprint density at radius 3 is 2.62 bits per heavy atom. The minimum atomic E-state index is -3.55. The second-order valence-corrected chi connectivity index (χ2v) is 9.16. The first-order chi connectivity index (χ1) is 12.3. The molecule has 1 fully saturated rings. The van der Waals surface area contributed by atoms with Crippen LogP contribution in [0.1, 0.15) is 44.9 Å². The molecule has 5 nitrogen and oxygen atoms in total. The molecule has 26 heavy (non-hydrogen) atoms. The van der Waals surface area contributed by atoms with Crippen LogP contribution in [0.4, 0.5) is 10.1 Å². The summed E-state index contributed by atoms with van der Waals surface area (Å²) in [6.45, 7) is 0.833. The van der Waals surface area contributed by atoms with Crippen molar-refractivity contribution < 1.29 is 17.6 Å². The molecular weight excluding hydrogens is 379 g/mol. The molecule has 146 valence electrons. The Kier molecular flexibility index (Phi) is 7.70. The van der Waals surface area contributed by atoms with Crippen molar-refractivity contribution in [3.63, 3.8) is 0 Å². The third kappa shape index (κ3) is 6.43. The Hall–Kier alpha value is -1.34. The van der Waals surface area contributed by atoms with Crippen LogP contribution in [0.5, 0.6) is 0 Å². The van der Waals surface area contributed by atoms with Crippen LogP contribution in [0.15, 0.2) is 18.2 Å².